The summed E-state index contributed by atoms with van der Waals surface area (Å²) in [5, 5.41) is 8.65. The highest BCUT2D eigenvalue weighted by atomic mass is 19.1. The Morgan fingerprint density at radius 1 is 1.47 bits per heavy atom. The molecule has 78 valence electrons. The standard InChI is InChI=1S/C12H12FNO/c13-12-5-4-9(6-10(12)7-14)8-15-11-2-1-3-11/h4-6,11H,1-3,8H2. The number of halogens is 1. The molecule has 0 amide bonds. The van der Waals surface area contributed by atoms with Crippen LogP contribution in [-0.2, 0) is 11.3 Å². The van der Waals surface area contributed by atoms with Gasteiger partial charge in [0.05, 0.1) is 18.3 Å². The van der Waals surface area contributed by atoms with Gasteiger partial charge in [0.1, 0.15) is 11.9 Å². The van der Waals surface area contributed by atoms with Crippen LogP contribution < -0.4 is 0 Å². The summed E-state index contributed by atoms with van der Waals surface area (Å²) < 4.78 is 18.6. The number of hydrogen-bond donors (Lipinski definition) is 0. The predicted molar refractivity (Wildman–Crippen MR) is 53.5 cm³/mol. The summed E-state index contributed by atoms with van der Waals surface area (Å²) in [6, 6.07) is 6.35. The van der Waals surface area contributed by atoms with Gasteiger partial charge in [-0.15, -0.1) is 0 Å². The number of benzene rings is 1. The van der Waals surface area contributed by atoms with E-state index in [2.05, 4.69) is 0 Å². The Labute approximate surface area is 88.3 Å². The lowest BCUT2D eigenvalue weighted by atomic mass is 9.96. The Hall–Kier alpha value is -1.40. The zero-order chi connectivity index (χ0) is 10.7. The minimum Gasteiger partial charge on any atom is -0.374 e. The zero-order valence-electron chi connectivity index (χ0n) is 8.37. The van der Waals surface area contributed by atoms with Crippen LogP contribution in [0, 0.1) is 17.1 Å². The number of hydrogen-bond acceptors (Lipinski definition) is 2. The second kappa shape index (κ2) is 4.41. The highest BCUT2D eigenvalue weighted by Crippen LogP contribution is 2.23. The van der Waals surface area contributed by atoms with E-state index in [-0.39, 0.29) is 5.56 Å². The summed E-state index contributed by atoms with van der Waals surface area (Å²) in [5.74, 6) is -0.468. The second-order valence-electron chi connectivity index (χ2n) is 3.79. The van der Waals surface area contributed by atoms with Gasteiger partial charge in [-0.25, -0.2) is 4.39 Å². The molecule has 2 nitrogen and oxygen atoms in total. The third kappa shape index (κ3) is 2.34. The van der Waals surface area contributed by atoms with E-state index in [4.69, 9.17) is 10.00 Å². The normalized spacial score (nSPS) is 15.7. The molecule has 0 radical (unpaired) electrons. The average Bonchev–Trinajstić information content (AvgIpc) is 2.18. The van der Waals surface area contributed by atoms with E-state index in [1.165, 1.54) is 12.5 Å². The molecule has 0 unspecified atom stereocenters. The molecule has 1 aromatic carbocycles. The second-order valence-corrected chi connectivity index (χ2v) is 3.79. The Morgan fingerprint density at radius 2 is 2.27 bits per heavy atom. The molecule has 0 aliphatic heterocycles. The van der Waals surface area contributed by atoms with Crippen molar-refractivity contribution in [3.8, 4) is 6.07 Å². The maximum absolute atomic E-state index is 13.0. The Balaban J connectivity index is 1.99. The monoisotopic (exact) mass is 205 g/mol. The summed E-state index contributed by atoms with van der Waals surface area (Å²) in [5.41, 5.74) is 0.949. The quantitative estimate of drug-likeness (QED) is 0.760. The lowest BCUT2D eigenvalue weighted by molar-refractivity contribution is -0.00868. The molecule has 1 aliphatic rings. The van der Waals surface area contributed by atoms with Crippen molar-refractivity contribution in [3.05, 3.63) is 35.1 Å². The molecule has 0 aromatic heterocycles. The van der Waals surface area contributed by atoms with E-state index in [0.717, 1.165) is 18.4 Å². The zero-order valence-corrected chi connectivity index (χ0v) is 8.37. The minimum absolute atomic E-state index is 0.0877. The van der Waals surface area contributed by atoms with E-state index < -0.39 is 5.82 Å². The lowest BCUT2D eigenvalue weighted by Crippen LogP contribution is -2.21. The van der Waals surface area contributed by atoms with Crippen LogP contribution in [0.5, 0.6) is 0 Å². The Kier molecular flexibility index (Phi) is 2.98. The van der Waals surface area contributed by atoms with Gasteiger partial charge in [0.2, 0.25) is 0 Å². The summed E-state index contributed by atoms with van der Waals surface area (Å²) in [6.45, 7) is 0.472. The molecular formula is C12H12FNO. The number of ether oxygens (including phenoxy) is 1. The van der Waals surface area contributed by atoms with Crippen molar-refractivity contribution in [2.24, 2.45) is 0 Å². The van der Waals surface area contributed by atoms with E-state index >= 15 is 0 Å². The molecule has 0 spiro atoms. The van der Waals surface area contributed by atoms with Gasteiger partial charge >= 0.3 is 0 Å². The van der Waals surface area contributed by atoms with Gasteiger partial charge in [0.25, 0.3) is 0 Å². The molecule has 1 aliphatic carbocycles. The van der Waals surface area contributed by atoms with Gasteiger partial charge < -0.3 is 4.74 Å². The minimum atomic E-state index is -0.468. The van der Waals surface area contributed by atoms with Crippen LogP contribution in [0.1, 0.15) is 30.4 Å². The molecule has 0 bridgehead atoms. The summed E-state index contributed by atoms with van der Waals surface area (Å²) in [6.07, 6.45) is 3.83. The van der Waals surface area contributed by atoms with E-state index in [9.17, 15) is 4.39 Å². The van der Waals surface area contributed by atoms with Crippen molar-refractivity contribution in [2.75, 3.05) is 0 Å². The maximum Gasteiger partial charge on any atom is 0.140 e. The highest BCUT2D eigenvalue weighted by molar-refractivity contribution is 5.34. The first-order chi connectivity index (χ1) is 7.29. The molecule has 3 heteroatoms. The van der Waals surface area contributed by atoms with Gasteiger partial charge in [-0.2, -0.15) is 5.26 Å². The van der Waals surface area contributed by atoms with Crippen LogP contribution in [0.3, 0.4) is 0 Å². The molecule has 0 N–H and O–H groups in total. The van der Waals surface area contributed by atoms with Crippen LogP contribution in [0.4, 0.5) is 4.39 Å². The molecular weight excluding hydrogens is 193 g/mol. The fraction of sp³-hybridized carbons (Fsp3) is 0.417. The van der Waals surface area contributed by atoms with Gasteiger partial charge in [0.15, 0.2) is 0 Å². The lowest BCUT2D eigenvalue weighted by Gasteiger charge is -2.25. The van der Waals surface area contributed by atoms with E-state index in [1.54, 1.807) is 12.1 Å². The largest absolute Gasteiger partial charge is 0.374 e. The Morgan fingerprint density at radius 3 is 2.87 bits per heavy atom. The SMILES string of the molecule is N#Cc1cc(COC2CCC2)ccc1F. The first kappa shape index (κ1) is 10.1. The van der Waals surface area contributed by atoms with Crippen LogP contribution in [0.15, 0.2) is 18.2 Å². The number of rotatable bonds is 3. The van der Waals surface area contributed by atoms with Crippen molar-refractivity contribution in [1.82, 2.24) is 0 Å². The van der Waals surface area contributed by atoms with Crippen LogP contribution >= 0.6 is 0 Å². The molecule has 2 rings (SSSR count). The highest BCUT2D eigenvalue weighted by Gasteiger charge is 2.17. The topological polar surface area (TPSA) is 33.0 Å². The van der Waals surface area contributed by atoms with Gasteiger partial charge in [0, 0.05) is 0 Å². The fourth-order valence-corrected chi connectivity index (χ4v) is 1.50. The smallest absolute Gasteiger partial charge is 0.140 e. The van der Waals surface area contributed by atoms with Gasteiger partial charge in [-0.1, -0.05) is 6.07 Å². The van der Waals surface area contributed by atoms with E-state index in [0.29, 0.717) is 12.7 Å². The predicted octanol–water partition coefficient (Wildman–Crippen LogP) is 2.77. The number of nitriles is 1. The van der Waals surface area contributed by atoms with Crippen molar-refractivity contribution in [2.45, 2.75) is 32.0 Å². The molecule has 0 heterocycles. The van der Waals surface area contributed by atoms with Crippen molar-refractivity contribution in [3.63, 3.8) is 0 Å². The first-order valence-corrected chi connectivity index (χ1v) is 5.10. The fourth-order valence-electron chi connectivity index (χ4n) is 1.50. The first-order valence-electron chi connectivity index (χ1n) is 5.10. The van der Waals surface area contributed by atoms with Gasteiger partial charge in [-0.3, -0.25) is 0 Å². The summed E-state index contributed by atoms with van der Waals surface area (Å²) >= 11 is 0. The van der Waals surface area contributed by atoms with Crippen molar-refractivity contribution >= 4 is 0 Å². The van der Waals surface area contributed by atoms with Crippen LogP contribution in [-0.4, -0.2) is 6.10 Å². The number of nitrogens with zero attached hydrogens (tertiary/aromatic N) is 1. The summed E-state index contributed by atoms with van der Waals surface area (Å²) in [4.78, 5) is 0. The van der Waals surface area contributed by atoms with E-state index in [1.807, 2.05) is 6.07 Å². The van der Waals surface area contributed by atoms with Gasteiger partial charge in [-0.05, 0) is 37.0 Å². The average molecular weight is 205 g/mol. The molecule has 0 atom stereocenters. The third-order valence-electron chi connectivity index (χ3n) is 2.69. The van der Waals surface area contributed by atoms with Crippen molar-refractivity contribution < 1.29 is 9.13 Å². The summed E-state index contributed by atoms with van der Waals surface area (Å²) in [7, 11) is 0. The third-order valence-corrected chi connectivity index (χ3v) is 2.69. The molecule has 1 fully saturated rings. The molecule has 1 aromatic rings. The molecule has 1 saturated carbocycles. The van der Waals surface area contributed by atoms with Crippen LogP contribution in [0.2, 0.25) is 0 Å². The maximum atomic E-state index is 13.0. The Bertz CT molecular complexity index is 393. The van der Waals surface area contributed by atoms with Crippen molar-refractivity contribution in [1.29, 1.82) is 5.26 Å². The molecule has 0 saturated heterocycles. The molecule has 15 heavy (non-hydrogen) atoms. The van der Waals surface area contributed by atoms with Crippen LogP contribution in [0.25, 0.3) is 0 Å².